The lowest BCUT2D eigenvalue weighted by molar-refractivity contribution is 0.0942. The zero-order valence-electron chi connectivity index (χ0n) is 10.9. The molecule has 18 heavy (non-hydrogen) atoms. The van der Waals surface area contributed by atoms with E-state index in [1.54, 1.807) is 0 Å². The largest absolute Gasteiger partial charge is 0.349 e. The second-order valence-corrected chi connectivity index (χ2v) is 8.16. The number of hydrogen-bond donors (Lipinski definition) is 1. The number of halogens is 2. The van der Waals surface area contributed by atoms with Gasteiger partial charge in [0.25, 0.3) is 5.91 Å². The van der Waals surface area contributed by atoms with E-state index in [9.17, 15) is 4.79 Å². The predicted octanol–water partition coefficient (Wildman–Crippen LogP) is 5.22. The lowest BCUT2D eigenvalue weighted by Gasteiger charge is -2.13. The summed E-state index contributed by atoms with van der Waals surface area (Å²) in [7, 11) is 0. The maximum atomic E-state index is 12.0. The summed E-state index contributed by atoms with van der Waals surface area (Å²) in [6, 6.07) is 2.08. The Morgan fingerprint density at radius 2 is 2.00 bits per heavy atom. The summed E-state index contributed by atoms with van der Waals surface area (Å²) in [6.07, 6.45) is 3.42. The third-order valence-electron chi connectivity index (χ3n) is 2.67. The quantitative estimate of drug-likeness (QED) is 0.701. The van der Waals surface area contributed by atoms with Crippen LogP contribution >= 0.6 is 43.2 Å². The molecule has 0 bridgehead atoms. The van der Waals surface area contributed by atoms with Crippen molar-refractivity contribution < 1.29 is 4.79 Å². The first-order valence-corrected chi connectivity index (χ1v) is 8.56. The van der Waals surface area contributed by atoms with Crippen LogP contribution in [0.15, 0.2) is 14.3 Å². The van der Waals surface area contributed by atoms with Gasteiger partial charge in [-0.25, -0.2) is 0 Å². The summed E-state index contributed by atoms with van der Waals surface area (Å²) in [5.74, 6) is 0.751. The first-order chi connectivity index (χ1) is 8.40. The van der Waals surface area contributed by atoms with E-state index >= 15 is 0 Å². The van der Waals surface area contributed by atoms with Crippen molar-refractivity contribution in [2.75, 3.05) is 0 Å². The molecule has 0 spiro atoms. The number of rotatable bonds is 6. The van der Waals surface area contributed by atoms with E-state index in [0.29, 0.717) is 0 Å². The molecular weight excluding hydrogens is 378 g/mol. The maximum absolute atomic E-state index is 12.0. The van der Waals surface area contributed by atoms with Crippen LogP contribution in [0.1, 0.15) is 49.7 Å². The highest BCUT2D eigenvalue weighted by Gasteiger charge is 2.14. The molecule has 1 aromatic heterocycles. The summed E-state index contributed by atoms with van der Waals surface area (Å²) < 4.78 is 1.89. The SMILES string of the molecule is CC(C)CCC[C@H](C)NC(=O)c1cc(Br)c(Br)s1. The summed E-state index contributed by atoms with van der Waals surface area (Å²) in [4.78, 5) is 12.7. The number of hydrogen-bond acceptors (Lipinski definition) is 2. The molecule has 0 aromatic carbocycles. The van der Waals surface area contributed by atoms with Gasteiger partial charge in [0.05, 0.1) is 8.66 Å². The molecule has 5 heteroatoms. The highest BCUT2D eigenvalue weighted by atomic mass is 79.9. The zero-order valence-corrected chi connectivity index (χ0v) is 14.9. The van der Waals surface area contributed by atoms with E-state index in [1.165, 1.54) is 17.8 Å². The highest BCUT2D eigenvalue weighted by molar-refractivity contribution is 9.13. The molecule has 2 nitrogen and oxygen atoms in total. The van der Waals surface area contributed by atoms with E-state index in [1.807, 2.05) is 6.07 Å². The third-order valence-corrected chi connectivity index (χ3v) is 5.92. The Kier molecular flexibility index (Phi) is 6.88. The number of thiophene rings is 1. The number of nitrogens with one attached hydrogen (secondary N) is 1. The van der Waals surface area contributed by atoms with E-state index in [0.717, 1.165) is 31.9 Å². The molecule has 0 aliphatic heterocycles. The van der Waals surface area contributed by atoms with Gasteiger partial charge in [0.2, 0.25) is 0 Å². The summed E-state index contributed by atoms with van der Waals surface area (Å²) in [5.41, 5.74) is 0. The minimum absolute atomic E-state index is 0.0171. The monoisotopic (exact) mass is 395 g/mol. The molecule has 0 fully saturated rings. The van der Waals surface area contributed by atoms with Crippen molar-refractivity contribution in [3.05, 3.63) is 19.2 Å². The molecule has 1 atom stereocenters. The van der Waals surface area contributed by atoms with Crippen molar-refractivity contribution in [2.24, 2.45) is 5.92 Å². The molecule has 102 valence electrons. The lowest BCUT2D eigenvalue weighted by atomic mass is 10.0. The summed E-state index contributed by atoms with van der Waals surface area (Å²) >= 11 is 8.24. The second kappa shape index (κ2) is 7.65. The smallest absolute Gasteiger partial charge is 0.261 e. The Morgan fingerprint density at radius 1 is 1.33 bits per heavy atom. The molecule has 0 saturated heterocycles. The summed E-state index contributed by atoms with van der Waals surface area (Å²) in [5, 5.41) is 3.04. The Labute approximate surface area is 130 Å². The minimum Gasteiger partial charge on any atom is -0.349 e. The molecule has 0 radical (unpaired) electrons. The van der Waals surface area contributed by atoms with Gasteiger partial charge < -0.3 is 5.32 Å². The van der Waals surface area contributed by atoms with Gasteiger partial charge >= 0.3 is 0 Å². The van der Waals surface area contributed by atoms with Crippen molar-refractivity contribution in [1.29, 1.82) is 0 Å². The number of carbonyl (C=O) groups excluding carboxylic acids is 1. The third kappa shape index (κ3) is 5.41. The molecule has 1 rings (SSSR count). The van der Waals surface area contributed by atoms with Crippen LogP contribution in [0.25, 0.3) is 0 Å². The standard InChI is InChI=1S/C13H19Br2NOS/c1-8(2)5-4-6-9(3)16-13(17)11-7-10(14)12(15)18-11/h7-9H,4-6H2,1-3H3,(H,16,17)/t9-/m0/s1. The van der Waals surface area contributed by atoms with Gasteiger partial charge in [0.1, 0.15) is 0 Å². The van der Waals surface area contributed by atoms with Gasteiger partial charge in [-0.3, -0.25) is 4.79 Å². The fraction of sp³-hybridized carbons (Fsp3) is 0.615. The molecule has 0 aliphatic carbocycles. The zero-order chi connectivity index (χ0) is 13.7. The average molecular weight is 397 g/mol. The van der Waals surface area contributed by atoms with E-state index in [-0.39, 0.29) is 11.9 Å². The van der Waals surface area contributed by atoms with Gasteiger partial charge in [-0.05, 0) is 57.2 Å². The van der Waals surface area contributed by atoms with E-state index in [2.05, 4.69) is 57.9 Å². The first-order valence-electron chi connectivity index (χ1n) is 6.15. The van der Waals surface area contributed by atoms with Gasteiger partial charge in [-0.15, -0.1) is 11.3 Å². The van der Waals surface area contributed by atoms with Crippen LogP contribution in [-0.4, -0.2) is 11.9 Å². The normalized spacial score (nSPS) is 12.8. The van der Waals surface area contributed by atoms with Gasteiger partial charge in [-0.1, -0.05) is 26.7 Å². The predicted molar refractivity (Wildman–Crippen MR) is 85.3 cm³/mol. The van der Waals surface area contributed by atoms with Crippen molar-refractivity contribution in [2.45, 2.75) is 46.1 Å². The Morgan fingerprint density at radius 3 is 2.50 bits per heavy atom. The van der Waals surface area contributed by atoms with Gasteiger partial charge in [0.15, 0.2) is 0 Å². The topological polar surface area (TPSA) is 29.1 Å². The summed E-state index contributed by atoms with van der Waals surface area (Å²) in [6.45, 7) is 6.52. The molecule has 1 aromatic rings. The minimum atomic E-state index is 0.0171. The van der Waals surface area contributed by atoms with Crippen LogP contribution in [0, 0.1) is 5.92 Å². The molecule has 1 N–H and O–H groups in total. The van der Waals surface area contributed by atoms with Crippen molar-refractivity contribution in [3.8, 4) is 0 Å². The van der Waals surface area contributed by atoms with E-state index < -0.39 is 0 Å². The van der Waals surface area contributed by atoms with Gasteiger partial charge in [0, 0.05) is 10.5 Å². The van der Waals surface area contributed by atoms with Crippen molar-refractivity contribution in [3.63, 3.8) is 0 Å². The van der Waals surface area contributed by atoms with Crippen LogP contribution in [-0.2, 0) is 0 Å². The van der Waals surface area contributed by atoms with Crippen LogP contribution in [0.3, 0.4) is 0 Å². The fourth-order valence-corrected chi connectivity index (χ4v) is 3.60. The average Bonchev–Trinajstić information content (AvgIpc) is 2.58. The molecule has 1 amide bonds. The molecule has 0 saturated carbocycles. The van der Waals surface area contributed by atoms with Crippen LogP contribution in [0.2, 0.25) is 0 Å². The number of carbonyl (C=O) groups is 1. The fourth-order valence-electron chi connectivity index (χ4n) is 1.66. The van der Waals surface area contributed by atoms with Crippen LogP contribution in [0.4, 0.5) is 0 Å². The lowest BCUT2D eigenvalue weighted by Crippen LogP contribution is -2.31. The molecule has 1 heterocycles. The van der Waals surface area contributed by atoms with Crippen molar-refractivity contribution in [1.82, 2.24) is 5.32 Å². The van der Waals surface area contributed by atoms with Gasteiger partial charge in [-0.2, -0.15) is 0 Å². The molecular formula is C13H19Br2NOS. The van der Waals surface area contributed by atoms with E-state index in [4.69, 9.17) is 0 Å². The van der Waals surface area contributed by atoms with Crippen LogP contribution < -0.4 is 5.32 Å². The Hall–Kier alpha value is 0.130. The Bertz CT molecular complexity index is 384. The van der Waals surface area contributed by atoms with Crippen LogP contribution in [0.5, 0.6) is 0 Å². The maximum Gasteiger partial charge on any atom is 0.261 e. The molecule has 0 unspecified atom stereocenters. The highest BCUT2D eigenvalue weighted by Crippen LogP contribution is 2.32. The first kappa shape index (κ1) is 16.2. The Balaban J connectivity index is 2.39. The number of amides is 1. The molecule has 0 aliphatic rings. The second-order valence-electron chi connectivity index (χ2n) is 4.93. The van der Waals surface area contributed by atoms with Crippen molar-refractivity contribution >= 4 is 49.1 Å².